The van der Waals surface area contributed by atoms with E-state index < -0.39 is 11.0 Å². The van der Waals surface area contributed by atoms with E-state index in [-0.39, 0.29) is 12.1 Å². The molecule has 1 fully saturated rings. The van der Waals surface area contributed by atoms with Crippen LogP contribution in [0, 0.1) is 6.92 Å². The first-order valence-corrected chi connectivity index (χ1v) is 13.7. The highest BCUT2D eigenvalue weighted by Crippen LogP contribution is 2.25. The summed E-state index contributed by atoms with van der Waals surface area (Å²) in [5, 5.41) is 15.9. The largest absolute Gasteiger partial charge is 0.395 e. The third kappa shape index (κ3) is 7.72. The lowest BCUT2D eigenvalue weighted by Crippen LogP contribution is -2.47. The van der Waals surface area contributed by atoms with Gasteiger partial charge in [0.1, 0.15) is 16.8 Å². The van der Waals surface area contributed by atoms with Crippen LogP contribution in [0.1, 0.15) is 26.3 Å². The number of rotatable bonds is 9. The third-order valence-corrected chi connectivity index (χ3v) is 7.42. The quantitative estimate of drug-likeness (QED) is 0.336. The molecule has 10 heteroatoms. The van der Waals surface area contributed by atoms with Gasteiger partial charge in [-0.1, -0.05) is 12.1 Å². The molecule has 1 aliphatic heterocycles. The Bertz CT molecular complexity index is 1220. The number of nitrogens with zero attached hydrogens (tertiary/aromatic N) is 4. The van der Waals surface area contributed by atoms with Crippen LogP contribution in [0.3, 0.4) is 0 Å². The number of hydrogen-bond acceptors (Lipinski definition) is 8. The maximum atomic E-state index is 12.7. The van der Waals surface area contributed by atoms with Crippen LogP contribution in [0.5, 0.6) is 0 Å². The highest BCUT2D eigenvalue weighted by atomic mass is 32.2. The van der Waals surface area contributed by atoms with Crippen molar-refractivity contribution >= 4 is 39.8 Å². The zero-order valence-corrected chi connectivity index (χ0v) is 22.8. The Labute approximate surface area is 221 Å². The minimum Gasteiger partial charge on any atom is -0.395 e. The van der Waals surface area contributed by atoms with Crippen molar-refractivity contribution in [3.8, 4) is 0 Å². The number of aryl methyl sites for hydroxylation is 1. The molecule has 1 atom stereocenters. The van der Waals surface area contributed by atoms with Gasteiger partial charge in [-0.2, -0.15) is 4.98 Å². The molecule has 37 heavy (non-hydrogen) atoms. The second-order valence-corrected chi connectivity index (χ2v) is 11.4. The number of piperazine rings is 1. The Balaban J connectivity index is 1.45. The number of aromatic nitrogens is 2. The molecule has 3 aromatic rings. The fourth-order valence-corrected chi connectivity index (χ4v) is 5.18. The zero-order chi connectivity index (χ0) is 26.4. The van der Waals surface area contributed by atoms with Gasteiger partial charge < -0.3 is 20.6 Å². The molecule has 1 aliphatic rings. The van der Waals surface area contributed by atoms with Crippen LogP contribution in [-0.2, 0) is 11.0 Å². The zero-order valence-electron chi connectivity index (χ0n) is 22.0. The van der Waals surface area contributed by atoms with Gasteiger partial charge in [-0.3, -0.25) is 4.90 Å². The van der Waals surface area contributed by atoms with Crippen LogP contribution in [0.2, 0.25) is 0 Å². The first-order chi connectivity index (χ1) is 17.7. The van der Waals surface area contributed by atoms with Crippen molar-refractivity contribution in [3.05, 3.63) is 60.3 Å². The molecular weight excluding hydrogens is 486 g/mol. The lowest BCUT2D eigenvalue weighted by atomic mass is 10.1. The van der Waals surface area contributed by atoms with Crippen LogP contribution in [0.4, 0.5) is 28.8 Å². The van der Waals surface area contributed by atoms with Crippen LogP contribution >= 0.6 is 0 Å². The number of benzene rings is 2. The van der Waals surface area contributed by atoms with Gasteiger partial charge >= 0.3 is 0 Å². The van der Waals surface area contributed by atoms with Crippen LogP contribution in [0.15, 0.2) is 59.6 Å². The number of β-amino-alcohol motifs (C(OH)–C–C–N with tert-alkyl or cyclic N) is 1. The van der Waals surface area contributed by atoms with Gasteiger partial charge in [-0.25, -0.2) is 13.9 Å². The first-order valence-electron chi connectivity index (χ1n) is 12.6. The lowest BCUT2D eigenvalue weighted by Gasteiger charge is -2.35. The summed E-state index contributed by atoms with van der Waals surface area (Å²) in [6.07, 6.45) is 1.78. The monoisotopic (exact) mass is 523 g/mol. The summed E-state index contributed by atoms with van der Waals surface area (Å²) in [7, 11) is -1.32. The van der Waals surface area contributed by atoms with Crippen molar-refractivity contribution in [2.24, 2.45) is 0 Å². The fourth-order valence-electron chi connectivity index (χ4n) is 4.07. The molecule has 2 aromatic carbocycles. The highest BCUT2D eigenvalue weighted by molar-refractivity contribution is 7.83. The van der Waals surface area contributed by atoms with E-state index in [4.69, 9.17) is 4.98 Å². The second-order valence-electron chi connectivity index (χ2n) is 10.2. The number of aliphatic hydroxyl groups is 1. The normalized spacial score (nSPS) is 15.4. The maximum absolute atomic E-state index is 12.7. The van der Waals surface area contributed by atoms with Crippen molar-refractivity contribution in [2.75, 3.05) is 54.9 Å². The summed E-state index contributed by atoms with van der Waals surface area (Å²) in [6.45, 7) is 12.6. The van der Waals surface area contributed by atoms with E-state index in [2.05, 4.69) is 42.3 Å². The highest BCUT2D eigenvalue weighted by Gasteiger charge is 2.17. The Hall–Kier alpha value is -3.05. The molecule has 9 nitrogen and oxygen atoms in total. The molecular formula is C27H37N7O2S. The Morgan fingerprint density at radius 3 is 2.41 bits per heavy atom. The molecule has 1 saturated heterocycles. The predicted molar refractivity (Wildman–Crippen MR) is 151 cm³/mol. The summed E-state index contributed by atoms with van der Waals surface area (Å²) in [5.41, 5.74) is 3.50. The van der Waals surface area contributed by atoms with Crippen LogP contribution in [-0.4, -0.2) is 69.1 Å². The van der Waals surface area contributed by atoms with E-state index in [1.165, 1.54) is 0 Å². The molecule has 0 radical (unpaired) electrons. The van der Waals surface area contributed by atoms with E-state index in [0.717, 1.165) is 55.3 Å². The predicted octanol–water partition coefficient (Wildman–Crippen LogP) is 3.80. The van der Waals surface area contributed by atoms with E-state index in [0.29, 0.717) is 16.7 Å². The summed E-state index contributed by atoms with van der Waals surface area (Å²) in [6, 6.07) is 15.8. The van der Waals surface area contributed by atoms with Gasteiger partial charge in [0.2, 0.25) is 5.95 Å². The topological polar surface area (TPSA) is 106 Å². The van der Waals surface area contributed by atoms with Crippen LogP contribution in [0.25, 0.3) is 0 Å². The Morgan fingerprint density at radius 2 is 1.70 bits per heavy atom. The van der Waals surface area contributed by atoms with E-state index in [9.17, 15) is 9.32 Å². The summed E-state index contributed by atoms with van der Waals surface area (Å²) in [5.74, 6) is 1.17. The van der Waals surface area contributed by atoms with Crippen molar-refractivity contribution in [3.63, 3.8) is 0 Å². The standard InChI is InChI=1S/C27H37N7O2S/c1-20-19-28-26(30-21-7-5-9-23(17-21)34-13-11-33(12-14-34)15-16-35)31-25(20)29-22-8-6-10-24(18-22)37(36)32-27(2,3)4/h5-10,17-19,32,35H,11-16H2,1-4H3,(H2,28,29,30,31). The average Bonchev–Trinajstić information content (AvgIpc) is 2.86. The molecule has 0 spiro atoms. The Morgan fingerprint density at radius 1 is 1.00 bits per heavy atom. The molecule has 1 unspecified atom stereocenters. The Kier molecular flexibility index (Phi) is 8.75. The second kappa shape index (κ2) is 12.0. The molecule has 0 bridgehead atoms. The first kappa shape index (κ1) is 27.0. The van der Waals surface area contributed by atoms with Crippen molar-refractivity contribution in [2.45, 2.75) is 38.1 Å². The number of hydrogen-bond donors (Lipinski definition) is 4. The van der Waals surface area contributed by atoms with Crippen molar-refractivity contribution in [1.82, 2.24) is 19.6 Å². The van der Waals surface area contributed by atoms with Crippen molar-refractivity contribution < 1.29 is 9.32 Å². The van der Waals surface area contributed by atoms with Gasteiger partial charge in [-0.05, 0) is 64.1 Å². The van der Waals surface area contributed by atoms with E-state index in [1.54, 1.807) is 6.20 Å². The van der Waals surface area contributed by atoms with E-state index >= 15 is 0 Å². The minimum atomic E-state index is -1.32. The smallest absolute Gasteiger partial charge is 0.229 e. The number of aliphatic hydroxyl groups excluding tert-OH is 1. The van der Waals surface area contributed by atoms with E-state index in [1.807, 2.05) is 64.1 Å². The molecule has 2 heterocycles. The minimum absolute atomic E-state index is 0.201. The van der Waals surface area contributed by atoms with Gasteiger partial charge in [0.25, 0.3) is 0 Å². The third-order valence-electron chi connectivity index (χ3n) is 5.94. The van der Waals surface area contributed by atoms with Crippen molar-refractivity contribution in [1.29, 1.82) is 0 Å². The maximum Gasteiger partial charge on any atom is 0.229 e. The molecule has 198 valence electrons. The lowest BCUT2D eigenvalue weighted by molar-refractivity contribution is 0.189. The van der Waals surface area contributed by atoms with Gasteiger partial charge in [0, 0.05) is 67.1 Å². The molecule has 0 saturated carbocycles. The number of nitrogens with one attached hydrogen (secondary N) is 3. The summed E-state index contributed by atoms with van der Waals surface area (Å²) < 4.78 is 15.8. The van der Waals surface area contributed by atoms with Crippen LogP contribution < -0.4 is 20.3 Å². The SMILES string of the molecule is Cc1cnc(Nc2cccc(N3CCN(CCO)CC3)c2)nc1Nc1cccc(S(=O)NC(C)(C)C)c1. The molecule has 0 amide bonds. The van der Waals surface area contributed by atoms with Gasteiger partial charge in [0.05, 0.1) is 11.5 Å². The molecule has 1 aromatic heterocycles. The molecule has 0 aliphatic carbocycles. The summed E-state index contributed by atoms with van der Waals surface area (Å²) in [4.78, 5) is 14.5. The van der Waals surface area contributed by atoms with Gasteiger partial charge in [0.15, 0.2) is 0 Å². The average molecular weight is 524 g/mol. The molecule has 4 rings (SSSR count). The summed E-state index contributed by atoms with van der Waals surface area (Å²) >= 11 is 0. The molecule has 4 N–H and O–H groups in total. The van der Waals surface area contributed by atoms with Gasteiger partial charge in [-0.15, -0.1) is 0 Å². The fraction of sp³-hybridized carbons (Fsp3) is 0.407. The number of anilines is 5.